The third-order valence-corrected chi connectivity index (χ3v) is 3.39. The average molecular weight is 252 g/mol. The first-order chi connectivity index (χ1) is 7.62. The zero-order valence-corrected chi connectivity index (χ0v) is 11.1. The van der Waals surface area contributed by atoms with Crippen LogP contribution in [0.1, 0.15) is 26.7 Å². The quantitative estimate of drug-likeness (QED) is 0.520. The Balaban J connectivity index is 3.43. The Morgan fingerprint density at radius 2 is 1.88 bits per heavy atom. The lowest BCUT2D eigenvalue weighted by Gasteiger charge is -2.07. The number of hydrogen-bond acceptors (Lipinski definition) is 4. The van der Waals surface area contributed by atoms with Gasteiger partial charge < -0.3 is 10.1 Å². The van der Waals surface area contributed by atoms with Gasteiger partial charge in [-0.25, -0.2) is 13.1 Å². The summed E-state index contributed by atoms with van der Waals surface area (Å²) in [6.07, 6.45) is 2.11. The van der Waals surface area contributed by atoms with Crippen LogP contribution in [0.25, 0.3) is 0 Å². The molecule has 0 bridgehead atoms. The SMILES string of the molecule is CCCCOCCNS(=O)(=O)CCNCC. The molecule has 0 fully saturated rings. The molecule has 0 aromatic rings. The van der Waals surface area contributed by atoms with Crippen molar-refractivity contribution >= 4 is 10.0 Å². The predicted octanol–water partition coefficient (Wildman–Crippen LogP) is 0.332. The highest BCUT2D eigenvalue weighted by Gasteiger charge is 2.07. The van der Waals surface area contributed by atoms with E-state index in [4.69, 9.17) is 4.74 Å². The molecule has 0 aliphatic rings. The van der Waals surface area contributed by atoms with Gasteiger partial charge in [0.15, 0.2) is 0 Å². The van der Waals surface area contributed by atoms with E-state index < -0.39 is 10.0 Å². The second kappa shape index (κ2) is 10.0. The first kappa shape index (κ1) is 15.8. The van der Waals surface area contributed by atoms with E-state index in [0.29, 0.717) is 26.3 Å². The first-order valence-corrected chi connectivity index (χ1v) is 7.53. The minimum Gasteiger partial charge on any atom is -0.380 e. The molecule has 0 heterocycles. The molecule has 0 atom stereocenters. The Bertz CT molecular complexity index is 242. The summed E-state index contributed by atoms with van der Waals surface area (Å²) >= 11 is 0. The fourth-order valence-electron chi connectivity index (χ4n) is 1.07. The number of sulfonamides is 1. The van der Waals surface area contributed by atoms with E-state index in [9.17, 15) is 8.42 Å². The van der Waals surface area contributed by atoms with Crippen LogP contribution in [0.15, 0.2) is 0 Å². The highest BCUT2D eigenvalue weighted by Crippen LogP contribution is 1.87. The van der Waals surface area contributed by atoms with E-state index >= 15 is 0 Å². The van der Waals surface area contributed by atoms with Crippen LogP contribution in [0.2, 0.25) is 0 Å². The second-order valence-corrected chi connectivity index (χ2v) is 5.46. The predicted molar refractivity (Wildman–Crippen MR) is 66.1 cm³/mol. The molecule has 0 aliphatic heterocycles. The van der Waals surface area contributed by atoms with Gasteiger partial charge in [-0.05, 0) is 13.0 Å². The number of unbranched alkanes of at least 4 members (excludes halogenated alkanes) is 1. The monoisotopic (exact) mass is 252 g/mol. The minimum atomic E-state index is -3.14. The molecule has 0 aromatic carbocycles. The van der Waals surface area contributed by atoms with Crippen molar-refractivity contribution in [1.82, 2.24) is 10.0 Å². The lowest BCUT2D eigenvalue weighted by atomic mass is 10.4. The summed E-state index contributed by atoms with van der Waals surface area (Å²) in [4.78, 5) is 0. The second-order valence-electron chi connectivity index (χ2n) is 3.53. The molecular weight excluding hydrogens is 228 g/mol. The molecule has 6 heteroatoms. The van der Waals surface area contributed by atoms with E-state index in [2.05, 4.69) is 17.0 Å². The first-order valence-electron chi connectivity index (χ1n) is 5.88. The molecule has 0 amide bonds. The van der Waals surface area contributed by atoms with Crippen molar-refractivity contribution in [2.75, 3.05) is 38.6 Å². The topological polar surface area (TPSA) is 67.4 Å². The summed E-state index contributed by atoms with van der Waals surface area (Å²) in [6.45, 7) is 6.82. The van der Waals surface area contributed by atoms with Crippen LogP contribution in [0, 0.1) is 0 Å². The minimum absolute atomic E-state index is 0.121. The summed E-state index contributed by atoms with van der Waals surface area (Å²) in [7, 11) is -3.14. The standard InChI is InChI=1S/C10H24N2O3S/c1-3-5-8-15-9-6-12-16(13,14)10-7-11-4-2/h11-12H,3-10H2,1-2H3. The van der Waals surface area contributed by atoms with Gasteiger partial charge in [0.1, 0.15) is 0 Å². The van der Waals surface area contributed by atoms with Gasteiger partial charge in [-0.3, -0.25) is 0 Å². The Kier molecular flexibility index (Phi) is 9.91. The van der Waals surface area contributed by atoms with Crippen LogP contribution in [0.5, 0.6) is 0 Å². The molecule has 0 saturated carbocycles. The summed E-state index contributed by atoms with van der Waals surface area (Å²) in [5.74, 6) is 0.121. The van der Waals surface area contributed by atoms with Crippen LogP contribution in [-0.4, -0.2) is 47.0 Å². The molecule has 0 spiro atoms. The molecule has 0 radical (unpaired) electrons. The van der Waals surface area contributed by atoms with Crippen LogP contribution >= 0.6 is 0 Å². The normalized spacial score (nSPS) is 11.9. The lowest BCUT2D eigenvalue weighted by Crippen LogP contribution is -2.33. The molecule has 0 aromatic heterocycles. The van der Waals surface area contributed by atoms with Gasteiger partial charge >= 0.3 is 0 Å². The number of nitrogens with one attached hydrogen (secondary N) is 2. The van der Waals surface area contributed by atoms with E-state index in [0.717, 1.165) is 19.4 Å². The third kappa shape index (κ3) is 10.4. The lowest BCUT2D eigenvalue weighted by molar-refractivity contribution is 0.136. The molecule has 0 saturated heterocycles. The van der Waals surface area contributed by atoms with Gasteiger partial charge in [-0.2, -0.15) is 0 Å². The van der Waals surface area contributed by atoms with Crippen molar-refractivity contribution in [1.29, 1.82) is 0 Å². The zero-order valence-electron chi connectivity index (χ0n) is 10.3. The maximum absolute atomic E-state index is 11.4. The Morgan fingerprint density at radius 3 is 2.50 bits per heavy atom. The summed E-state index contributed by atoms with van der Waals surface area (Å²) in [5, 5.41) is 2.97. The van der Waals surface area contributed by atoms with Crippen molar-refractivity contribution in [2.45, 2.75) is 26.7 Å². The van der Waals surface area contributed by atoms with Crippen molar-refractivity contribution in [2.24, 2.45) is 0 Å². The van der Waals surface area contributed by atoms with Crippen LogP contribution < -0.4 is 10.0 Å². The van der Waals surface area contributed by atoms with E-state index in [1.165, 1.54) is 0 Å². The summed E-state index contributed by atoms with van der Waals surface area (Å²) < 4.78 is 30.5. The molecule has 0 unspecified atom stereocenters. The number of ether oxygens (including phenoxy) is 1. The molecular formula is C10H24N2O3S. The molecule has 0 aliphatic carbocycles. The maximum atomic E-state index is 11.4. The molecule has 0 rings (SSSR count). The Labute approximate surface area is 99.0 Å². The Morgan fingerprint density at radius 1 is 1.12 bits per heavy atom. The molecule has 2 N–H and O–H groups in total. The van der Waals surface area contributed by atoms with Gasteiger partial charge in [-0.15, -0.1) is 0 Å². The van der Waals surface area contributed by atoms with Crippen LogP contribution in [0.4, 0.5) is 0 Å². The van der Waals surface area contributed by atoms with Crippen molar-refractivity contribution in [3.63, 3.8) is 0 Å². The van der Waals surface area contributed by atoms with Crippen molar-refractivity contribution in [3.8, 4) is 0 Å². The number of hydrogen-bond donors (Lipinski definition) is 2. The van der Waals surface area contributed by atoms with Gasteiger partial charge in [0, 0.05) is 19.7 Å². The highest BCUT2D eigenvalue weighted by molar-refractivity contribution is 7.89. The van der Waals surface area contributed by atoms with Crippen molar-refractivity contribution < 1.29 is 13.2 Å². The van der Waals surface area contributed by atoms with Gasteiger partial charge in [-0.1, -0.05) is 20.3 Å². The van der Waals surface area contributed by atoms with Gasteiger partial charge in [0.2, 0.25) is 10.0 Å². The van der Waals surface area contributed by atoms with Crippen molar-refractivity contribution in [3.05, 3.63) is 0 Å². The fraction of sp³-hybridized carbons (Fsp3) is 1.00. The molecule has 16 heavy (non-hydrogen) atoms. The fourth-order valence-corrected chi connectivity index (χ4v) is 2.03. The largest absolute Gasteiger partial charge is 0.380 e. The van der Waals surface area contributed by atoms with Crippen LogP contribution in [-0.2, 0) is 14.8 Å². The van der Waals surface area contributed by atoms with E-state index in [1.807, 2.05) is 6.92 Å². The smallest absolute Gasteiger partial charge is 0.212 e. The third-order valence-electron chi connectivity index (χ3n) is 2.01. The summed E-state index contributed by atoms with van der Waals surface area (Å²) in [5.41, 5.74) is 0. The molecule has 5 nitrogen and oxygen atoms in total. The average Bonchev–Trinajstić information content (AvgIpc) is 2.23. The molecule has 98 valence electrons. The van der Waals surface area contributed by atoms with Crippen LogP contribution in [0.3, 0.4) is 0 Å². The highest BCUT2D eigenvalue weighted by atomic mass is 32.2. The zero-order chi connectivity index (χ0) is 12.3. The Hall–Kier alpha value is -0.170. The van der Waals surface area contributed by atoms with Gasteiger partial charge in [0.25, 0.3) is 0 Å². The van der Waals surface area contributed by atoms with E-state index in [-0.39, 0.29) is 5.75 Å². The summed E-state index contributed by atoms with van der Waals surface area (Å²) in [6, 6.07) is 0. The number of rotatable bonds is 11. The maximum Gasteiger partial charge on any atom is 0.212 e. The van der Waals surface area contributed by atoms with E-state index in [1.54, 1.807) is 0 Å². The van der Waals surface area contributed by atoms with Gasteiger partial charge in [0.05, 0.1) is 12.4 Å².